The van der Waals surface area contributed by atoms with Gasteiger partial charge in [-0.3, -0.25) is 14.7 Å². The molecular weight excluding hydrogens is 283 g/mol. The Morgan fingerprint density at radius 3 is 2.56 bits per heavy atom. The first-order valence-corrected chi connectivity index (χ1v) is 6.26. The smallest absolute Gasteiger partial charge is 0.285 e. The average molecular weight is 295 g/mol. The van der Waals surface area contributed by atoms with E-state index in [-0.39, 0.29) is 22.9 Å². The summed E-state index contributed by atoms with van der Waals surface area (Å²) in [6, 6.07) is 0. The number of aromatic amines is 1. The van der Waals surface area contributed by atoms with Gasteiger partial charge in [-0.05, 0) is 6.42 Å². The molecule has 0 saturated carbocycles. The molecule has 1 aromatic heterocycles. The first kappa shape index (κ1) is 13.6. The average Bonchev–Trinajstić information content (AvgIpc) is 2.40. The van der Waals surface area contributed by atoms with Crippen molar-refractivity contribution < 1.29 is 9.47 Å². The summed E-state index contributed by atoms with van der Waals surface area (Å²) in [6.07, 6.45) is 0.956. The summed E-state index contributed by atoms with van der Waals surface area (Å²) in [6.45, 7) is 1.52. The van der Waals surface area contributed by atoms with Gasteiger partial charge in [0.2, 0.25) is 0 Å². The van der Waals surface area contributed by atoms with E-state index in [9.17, 15) is 9.59 Å². The number of rotatable bonds is 3. The second-order valence-corrected chi connectivity index (χ2v) is 4.59. The van der Waals surface area contributed by atoms with Crippen LogP contribution in [0.4, 0.5) is 0 Å². The Kier molecular flexibility index (Phi) is 4.45. The maximum atomic E-state index is 11.7. The summed E-state index contributed by atoms with van der Waals surface area (Å²) >= 11 is 11.2. The van der Waals surface area contributed by atoms with Crippen LogP contribution in [0.5, 0.6) is 0 Å². The molecule has 1 aromatic rings. The monoisotopic (exact) mass is 294 g/mol. The standard InChI is InChI=1S/C10H12Cl2N2O4/c11-7-8(12)10(16)14(13-9(7)15)3-2-6-17-4-1-5-18-6/h6H,1-5H2,(H,13,15). The molecular formula is C10H12Cl2N2O4. The molecule has 0 unspecified atom stereocenters. The molecule has 100 valence electrons. The maximum Gasteiger partial charge on any atom is 0.285 e. The molecule has 0 atom stereocenters. The van der Waals surface area contributed by atoms with Gasteiger partial charge in [-0.25, -0.2) is 4.68 Å². The summed E-state index contributed by atoms with van der Waals surface area (Å²) < 4.78 is 11.8. The second-order valence-electron chi connectivity index (χ2n) is 3.84. The van der Waals surface area contributed by atoms with E-state index in [2.05, 4.69) is 5.10 Å². The lowest BCUT2D eigenvalue weighted by Gasteiger charge is -2.23. The third-order valence-electron chi connectivity index (χ3n) is 2.55. The molecule has 1 aliphatic heterocycles. The van der Waals surface area contributed by atoms with Crippen molar-refractivity contribution in [3.63, 3.8) is 0 Å². The van der Waals surface area contributed by atoms with Gasteiger partial charge in [0.25, 0.3) is 11.1 Å². The Morgan fingerprint density at radius 1 is 1.22 bits per heavy atom. The largest absolute Gasteiger partial charge is 0.353 e. The summed E-state index contributed by atoms with van der Waals surface area (Å²) in [4.78, 5) is 23.1. The highest BCUT2D eigenvalue weighted by molar-refractivity contribution is 6.41. The molecule has 0 radical (unpaired) electrons. The van der Waals surface area contributed by atoms with Crippen molar-refractivity contribution >= 4 is 23.2 Å². The molecule has 0 spiro atoms. The number of ether oxygens (including phenoxy) is 2. The van der Waals surface area contributed by atoms with Gasteiger partial charge >= 0.3 is 0 Å². The van der Waals surface area contributed by atoms with Gasteiger partial charge < -0.3 is 9.47 Å². The van der Waals surface area contributed by atoms with Gasteiger partial charge in [-0.15, -0.1) is 0 Å². The van der Waals surface area contributed by atoms with Crippen LogP contribution in [0, 0.1) is 0 Å². The number of hydrogen-bond donors (Lipinski definition) is 1. The van der Waals surface area contributed by atoms with Crippen LogP contribution in [0.15, 0.2) is 9.59 Å². The van der Waals surface area contributed by atoms with E-state index in [1.807, 2.05) is 0 Å². The van der Waals surface area contributed by atoms with E-state index >= 15 is 0 Å². The lowest BCUT2D eigenvalue weighted by molar-refractivity contribution is -0.182. The minimum atomic E-state index is -0.591. The molecule has 0 aromatic carbocycles. The molecule has 0 aliphatic carbocycles. The van der Waals surface area contributed by atoms with Crippen LogP contribution in [-0.4, -0.2) is 29.3 Å². The van der Waals surface area contributed by atoms with Gasteiger partial charge in [0, 0.05) is 13.0 Å². The van der Waals surface area contributed by atoms with Crippen molar-refractivity contribution in [1.82, 2.24) is 9.78 Å². The fourth-order valence-electron chi connectivity index (χ4n) is 1.63. The highest BCUT2D eigenvalue weighted by Crippen LogP contribution is 2.12. The van der Waals surface area contributed by atoms with Crippen molar-refractivity contribution in [3.05, 3.63) is 30.8 Å². The van der Waals surface area contributed by atoms with Gasteiger partial charge in [0.15, 0.2) is 6.29 Å². The Bertz CT molecular complexity index is 534. The van der Waals surface area contributed by atoms with Crippen LogP contribution in [0.2, 0.25) is 10.0 Å². The molecule has 6 nitrogen and oxygen atoms in total. The minimum Gasteiger partial charge on any atom is -0.353 e. The van der Waals surface area contributed by atoms with Gasteiger partial charge in [-0.2, -0.15) is 0 Å². The van der Waals surface area contributed by atoms with Crippen LogP contribution >= 0.6 is 23.2 Å². The molecule has 0 amide bonds. The molecule has 18 heavy (non-hydrogen) atoms. The second kappa shape index (κ2) is 5.88. The highest BCUT2D eigenvalue weighted by atomic mass is 35.5. The molecule has 0 bridgehead atoms. The number of hydrogen-bond acceptors (Lipinski definition) is 4. The normalized spacial score (nSPS) is 17.0. The van der Waals surface area contributed by atoms with E-state index in [0.29, 0.717) is 19.6 Å². The predicted molar refractivity (Wildman–Crippen MR) is 66.3 cm³/mol. The predicted octanol–water partition coefficient (Wildman–Crippen LogP) is 0.996. The third kappa shape index (κ3) is 2.95. The molecule has 2 rings (SSSR count). The molecule has 8 heteroatoms. The van der Waals surface area contributed by atoms with Crippen LogP contribution in [0.3, 0.4) is 0 Å². The summed E-state index contributed by atoms with van der Waals surface area (Å²) in [5.41, 5.74) is -1.12. The number of nitrogens with one attached hydrogen (secondary N) is 1. The van der Waals surface area contributed by atoms with Gasteiger partial charge in [-0.1, -0.05) is 23.2 Å². The number of halogens is 2. The minimum absolute atomic E-state index is 0.246. The fourth-order valence-corrected chi connectivity index (χ4v) is 1.94. The van der Waals surface area contributed by atoms with Crippen LogP contribution in [0.1, 0.15) is 12.8 Å². The molecule has 1 fully saturated rings. The summed E-state index contributed by atoms with van der Waals surface area (Å²) in [7, 11) is 0. The first-order chi connectivity index (χ1) is 8.59. The number of H-pyrrole nitrogens is 1. The first-order valence-electron chi connectivity index (χ1n) is 5.51. The van der Waals surface area contributed by atoms with E-state index in [0.717, 1.165) is 11.1 Å². The van der Waals surface area contributed by atoms with E-state index in [1.54, 1.807) is 0 Å². The van der Waals surface area contributed by atoms with Crippen molar-refractivity contribution in [1.29, 1.82) is 0 Å². The lowest BCUT2D eigenvalue weighted by atomic mass is 10.3. The Hall–Kier alpha value is -0.820. The van der Waals surface area contributed by atoms with Gasteiger partial charge in [0.05, 0.1) is 13.2 Å². The molecule has 2 heterocycles. The van der Waals surface area contributed by atoms with Gasteiger partial charge in [0.1, 0.15) is 10.0 Å². The Labute approximate surface area is 112 Å². The lowest BCUT2D eigenvalue weighted by Crippen LogP contribution is -2.33. The van der Waals surface area contributed by atoms with E-state index < -0.39 is 11.1 Å². The summed E-state index contributed by atoms with van der Waals surface area (Å²) in [5, 5.41) is 1.78. The van der Waals surface area contributed by atoms with E-state index in [4.69, 9.17) is 32.7 Å². The van der Waals surface area contributed by atoms with Crippen molar-refractivity contribution in [2.45, 2.75) is 25.7 Å². The van der Waals surface area contributed by atoms with Crippen molar-refractivity contribution in [2.75, 3.05) is 13.2 Å². The molecule has 1 saturated heterocycles. The van der Waals surface area contributed by atoms with E-state index in [1.165, 1.54) is 0 Å². The zero-order valence-corrected chi connectivity index (χ0v) is 11.0. The van der Waals surface area contributed by atoms with Crippen molar-refractivity contribution in [3.8, 4) is 0 Å². The number of aryl methyl sites for hydroxylation is 1. The highest BCUT2D eigenvalue weighted by Gasteiger charge is 2.16. The fraction of sp³-hybridized carbons (Fsp3) is 0.600. The maximum absolute atomic E-state index is 11.7. The van der Waals surface area contributed by atoms with Crippen LogP contribution in [-0.2, 0) is 16.0 Å². The molecule has 1 aliphatic rings. The third-order valence-corrected chi connectivity index (χ3v) is 3.35. The quantitative estimate of drug-likeness (QED) is 0.902. The van der Waals surface area contributed by atoms with Crippen LogP contribution < -0.4 is 11.1 Å². The van der Waals surface area contributed by atoms with Crippen LogP contribution in [0.25, 0.3) is 0 Å². The number of aromatic nitrogens is 2. The Balaban J connectivity index is 2.10. The van der Waals surface area contributed by atoms with Crippen molar-refractivity contribution in [2.24, 2.45) is 0 Å². The molecule has 1 N–H and O–H groups in total. The zero-order valence-electron chi connectivity index (χ0n) is 9.45. The zero-order chi connectivity index (χ0) is 13.1. The SMILES string of the molecule is O=c1[nH]n(CCC2OCCCO2)c(=O)c(Cl)c1Cl. The number of nitrogens with zero attached hydrogens (tertiary/aromatic N) is 1. The summed E-state index contributed by atoms with van der Waals surface area (Å²) in [5.74, 6) is 0. The topological polar surface area (TPSA) is 73.3 Å². The Morgan fingerprint density at radius 2 is 1.89 bits per heavy atom.